The molecule has 0 aromatic rings. The topological polar surface area (TPSA) is 176 Å². The first-order valence-corrected chi connectivity index (χ1v) is 8.62. The molecule has 4 N–H and O–H groups in total. The highest BCUT2D eigenvalue weighted by Crippen LogP contribution is 1.96. The molecule has 0 atom stereocenters. The summed E-state index contributed by atoms with van der Waals surface area (Å²) < 4.78 is 0. The van der Waals surface area contributed by atoms with E-state index in [1.807, 2.05) is 13.8 Å². The van der Waals surface area contributed by atoms with Crippen molar-refractivity contribution in [3.63, 3.8) is 0 Å². The lowest BCUT2D eigenvalue weighted by atomic mass is 10.3. The largest absolute Gasteiger partial charge is 0.480 e. The molecule has 0 heterocycles. The summed E-state index contributed by atoms with van der Waals surface area (Å²) >= 11 is 0. The SMILES string of the molecule is CC.O=CCN(CCN(CC(=O)O)CC(=O)O)CCN(CC(=O)O)CC(=O)O. The molecule has 12 heteroatoms. The Hall–Kier alpha value is -2.57. The van der Waals surface area contributed by atoms with Crippen molar-refractivity contribution in [3.05, 3.63) is 0 Å². The van der Waals surface area contributed by atoms with Gasteiger partial charge in [0.2, 0.25) is 0 Å². The molecule has 0 aliphatic heterocycles. The number of hydrogen-bond donors (Lipinski definition) is 4. The van der Waals surface area contributed by atoms with Gasteiger partial charge in [-0.1, -0.05) is 13.8 Å². The molecule has 0 aliphatic rings. The fraction of sp³-hybridized carbons (Fsp3) is 0.688. The van der Waals surface area contributed by atoms with Crippen LogP contribution in [0.2, 0.25) is 0 Å². The molecule has 0 saturated carbocycles. The Labute approximate surface area is 162 Å². The zero-order valence-electron chi connectivity index (χ0n) is 16.1. The summed E-state index contributed by atoms with van der Waals surface area (Å²) in [7, 11) is 0. The monoisotopic (exact) mass is 407 g/mol. The minimum absolute atomic E-state index is 0.0397. The van der Waals surface area contributed by atoms with Gasteiger partial charge in [-0.15, -0.1) is 0 Å². The molecule has 0 spiro atoms. The third kappa shape index (κ3) is 16.9. The van der Waals surface area contributed by atoms with E-state index in [9.17, 15) is 24.0 Å². The summed E-state index contributed by atoms with van der Waals surface area (Å²) in [6.07, 6.45) is 0.595. The molecule has 0 bridgehead atoms. The van der Waals surface area contributed by atoms with Crippen LogP contribution >= 0.6 is 0 Å². The standard InChI is InChI=1S/C14H23N3O9.C2H6/c18-6-5-15(1-3-16(7-11(19)20)8-12(21)22)2-4-17(9-13(23)24)10-14(25)26;1-2/h6H,1-5,7-10H2,(H,19,20)(H,21,22)(H,23,24)(H,25,26);1-2H3. The molecule has 162 valence electrons. The van der Waals surface area contributed by atoms with Gasteiger partial charge in [-0.05, 0) is 0 Å². The van der Waals surface area contributed by atoms with Gasteiger partial charge in [0, 0.05) is 26.2 Å². The molecule has 0 rings (SSSR count). The van der Waals surface area contributed by atoms with Crippen molar-refractivity contribution >= 4 is 30.2 Å². The number of carbonyl (C=O) groups is 5. The van der Waals surface area contributed by atoms with Crippen molar-refractivity contribution in [1.82, 2.24) is 14.7 Å². The van der Waals surface area contributed by atoms with Crippen molar-refractivity contribution in [2.75, 3.05) is 58.9 Å². The number of nitrogens with zero attached hydrogens (tertiary/aromatic N) is 3. The summed E-state index contributed by atoms with van der Waals surface area (Å²) in [4.78, 5) is 57.7. The van der Waals surface area contributed by atoms with E-state index in [0.717, 1.165) is 0 Å². The Morgan fingerprint density at radius 3 is 1.07 bits per heavy atom. The van der Waals surface area contributed by atoms with E-state index < -0.39 is 50.1 Å². The smallest absolute Gasteiger partial charge is 0.317 e. The predicted molar refractivity (Wildman–Crippen MR) is 97.3 cm³/mol. The maximum atomic E-state index is 10.8. The molecule has 0 radical (unpaired) electrons. The number of carbonyl (C=O) groups excluding carboxylic acids is 1. The van der Waals surface area contributed by atoms with Crippen LogP contribution in [0.3, 0.4) is 0 Å². The summed E-state index contributed by atoms with van der Waals surface area (Å²) in [6, 6.07) is 0. The summed E-state index contributed by atoms with van der Waals surface area (Å²) in [5, 5.41) is 35.1. The first-order chi connectivity index (χ1) is 13.1. The highest BCUT2D eigenvalue weighted by atomic mass is 16.4. The van der Waals surface area contributed by atoms with E-state index in [1.165, 1.54) is 9.80 Å². The average molecular weight is 407 g/mol. The molecule has 0 unspecified atom stereocenters. The van der Waals surface area contributed by atoms with Gasteiger partial charge < -0.3 is 25.2 Å². The Morgan fingerprint density at radius 2 is 0.857 bits per heavy atom. The highest BCUT2D eigenvalue weighted by molar-refractivity contribution is 5.73. The van der Waals surface area contributed by atoms with Gasteiger partial charge >= 0.3 is 23.9 Å². The molecule has 0 aromatic carbocycles. The van der Waals surface area contributed by atoms with E-state index in [1.54, 1.807) is 4.90 Å². The molecular weight excluding hydrogens is 378 g/mol. The fourth-order valence-electron chi connectivity index (χ4n) is 2.16. The van der Waals surface area contributed by atoms with E-state index >= 15 is 0 Å². The Bertz CT molecular complexity index is 442. The van der Waals surface area contributed by atoms with Crippen LogP contribution in [0.1, 0.15) is 13.8 Å². The van der Waals surface area contributed by atoms with Crippen LogP contribution in [-0.2, 0) is 24.0 Å². The quantitative estimate of drug-likeness (QED) is 0.217. The van der Waals surface area contributed by atoms with Gasteiger partial charge in [-0.2, -0.15) is 0 Å². The minimum Gasteiger partial charge on any atom is -0.480 e. The number of rotatable bonds is 16. The average Bonchev–Trinajstić information content (AvgIpc) is 2.56. The number of carboxylic acid groups (broad SMARTS) is 4. The van der Waals surface area contributed by atoms with E-state index in [2.05, 4.69) is 0 Å². The normalized spacial score (nSPS) is 10.5. The minimum atomic E-state index is -1.19. The number of aliphatic carboxylic acids is 4. The van der Waals surface area contributed by atoms with Crippen LogP contribution in [0, 0.1) is 0 Å². The van der Waals surface area contributed by atoms with Crippen molar-refractivity contribution in [3.8, 4) is 0 Å². The van der Waals surface area contributed by atoms with Crippen LogP contribution in [0.25, 0.3) is 0 Å². The van der Waals surface area contributed by atoms with Gasteiger partial charge in [0.1, 0.15) is 6.29 Å². The van der Waals surface area contributed by atoms with Crippen LogP contribution in [0.4, 0.5) is 0 Å². The lowest BCUT2D eigenvalue weighted by molar-refractivity contribution is -0.143. The van der Waals surface area contributed by atoms with Crippen molar-refractivity contribution in [2.45, 2.75) is 13.8 Å². The van der Waals surface area contributed by atoms with Crippen molar-refractivity contribution in [2.24, 2.45) is 0 Å². The Morgan fingerprint density at radius 1 is 0.607 bits per heavy atom. The number of carboxylic acids is 4. The van der Waals surface area contributed by atoms with Crippen molar-refractivity contribution in [1.29, 1.82) is 0 Å². The second-order valence-corrected chi connectivity index (χ2v) is 5.46. The van der Waals surface area contributed by atoms with Gasteiger partial charge in [-0.3, -0.25) is 33.9 Å². The number of hydrogen-bond acceptors (Lipinski definition) is 8. The summed E-state index contributed by atoms with van der Waals surface area (Å²) in [5.41, 5.74) is 0. The molecular formula is C16H29N3O9. The van der Waals surface area contributed by atoms with Crippen LogP contribution < -0.4 is 0 Å². The third-order valence-corrected chi connectivity index (χ3v) is 3.23. The highest BCUT2D eigenvalue weighted by Gasteiger charge is 2.17. The summed E-state index contributed by atoms with van der Waals surface area (Å²) in [5.74, 6) is -4.77. The number of aldehydes is 1. The lowest BCUT2D eigenvalue weighted by Gasteiger charge is -2.26. The van der Waals surface area contributed by atoms with Crippen LogP contribution in [0.15, 0.2) is 0 Å². The molecule has 0 amide bonds. The molecule has 0 aliphatic carbocycles. The van der Waals surface area contributed by atoms with Crippen LogP contribution in [-0.4, -0.2) is 124 Å². The zero-order valence-corrected chi connectivity index (χ0v) is 16.1. The fourth-order valence-corrected chi connectivity index (χ4v) is 2.16. The Balaban J connectivity index is 0. The molecule has 28 heavy (non-hydrogen) atoms. The first kappa shape index (κ1) is 27.6. The van der Waals surface area contributed by atoms with E-state index in [0.29, 0.717) is 6.29 Å². The van der Waals surface area contributed by atoms with Gasteiger partial charge in [0.15, 0.2) is 0 Å². The molecule has 0 aromatic heterocycles. The van der Waals surface area contributed by atoms with Gasteiger partial charge in [0.05, 0.1) is 32.7 Å². The molecule has 0 saturated heterocycles. The molecule has 12 nitrogen and oxygen atoms in total. The first-order valence-electron chi connectivity index (χ1n) is 8.62. The second kappa shape index (κ2) is 16.6. The maximum Gasteiger partial charge on any atom is 0.317 e. The van der Waals surface area contributed by atoms with Crippen molar-refractivity contribution < 1.29 is 44.4 Å². The zero-order chi connectivity index (χ0) is 22.1. The maximum absolute atomic E-state index is 10.8. The molecule has 0 fully saturated rings. The Kier molecular flexibility index (Phi) is 16.4. The van der Waals surface area contributed by atoms with E-state index in [-0.39, 0.29) is 32.7 Å². The van der Waals surface area contributed by atoms with E-state index in [4.69, 9.17) is 20.4 Å². The lowest BCUT2D eigenvalue weighted by Crippen LogP contribution is -2.44. The predicted octanol–water partition coefficient (Wildman–Crippen LogP) is -1.54. The van der Waals surface area contributed by atoms with Crippen LogP contribution in [0.5, 0.6) is 0 Å². The second-order valence-electron chi connectivity index (χ2n) is 5.46. The van der Waals surface area contributed by atoms with Gasteiger partial charge in [0.25, 0.3) is 0 Å². The third-order valence-electron chi connectivity index (χ3n) is 3.23. The van der Waals surface area contributed by atoms with Gasteiger partial charge in [-0.25, -0.2) is 0 Å². The summed E-state index contributed by atoms with van der Waals surface area (Å²) in [6.45, 7) is 2.48.